The molecule has 0 spiro atoms. The maximum Gasteiger partial charge on any atom is 0.262 e. The topological polar surface area (TPSA) is 50.8 Å². The summed E-state index contributed by atoms with van der Waals surface area (Å²) in [5.41, 5.74) is 3.92. The van der Waals surface area contributed by atoms with Crippen molar-refractivity contribution in [2.45, 2.75) is 6.54 Å². The van der Waals surface area contributed by atoms with Crippen molar-refractivity contribution in [3.05, 3.63) is 78.4 Å². The fourth-order valence-corrected chi connectivity index (χ4v) is 3.07. The average molecular weight is 390 g/mol. The van der Waals surface area contributed by atoms with Gasteiger partial charge in [0.2, 0.25) is 0 Å². The van der Waals surface area contributed by atoms with Gasteiger partial charge in [0, 0.05) is 12.1 Å². The molecule has 0 bridgehead atoms. The van der Waals surface area contributed by atoms with Crippen molar-refractivity contribution in [2.24, 2.45) is 0 Å². The Bertz CT molecular complexity index is 955. The monoisotopic (exact) mass is 390 g/mol. The number of ether oxygens (including phenoxy) is 2. The van der Waals surface area contributed by atoms with Crippen LogP contribution in [-0.4, -0.2) is 38.6 Å². The minimum atomic E-state index is -0.238. The molecule has 0 atom stereocenters. The molecular weight excluding hydrogens is 364 g/mol. The summed E-state index contributed by atoms with van der Waals surface area (Å²) < 4.78 is 11.1. The molecule has 5 heteroatoms. The van der Waals surface area contributed by atoms with Crippen LogP contribution in [0, 0.1) is 0 Å². The highest BCUT2D eigenvalue weighted by atomic mass is 16.5. The van der Waals surface area contributed by atoms with Gasteiger partial charge in [-0.05, 0) is 49.5 Å². The Balaban J connectivity index is 1.73. The van der Waals surface area contributed by atoms with Crippen LogP contribution in [0.3, 0.4) is 0 Å². The molecule has 5 nitrogen and oxygen atoms in total. The molecule has 0 aromatic heterocycles. The number of carbonyl (C=O) groups excluding carboxylic acids is 1. The molecule has 150 valence electrons. The van der Waals surface area contributed by atoms with Crippen LogP contribution in [0.15, 0.2) is 72.8 Å². The van der Waals surface area contributed by atoms with E-state index in [0.29, 0.717) is 23.7 Å². The molecule has 0 heterocycles. The zero-order valence-electron chi connectivity index (χ0n) is 17.0. The van der Waals surface area contributed by atoms with E-state index in [9.17, 15) is 4.79 Å². The SMILES string of the molecule is COc1ccccc1NC(=O)COc1ccc(-c2ccccc2)cc1CN(C)C. The van der Waals surface area contributed by atoms with E-state index in [-0.39, 0.29) is 12.5 Å². The van der Waals surface area contributed by atoms with E-state index in [1.165, 1.54) is 0 Å². The summed E-state index contributed by atoms with van der Waals surface area (Å²) in [6, 6.07) is 23.6. The predicted octanol–water partition coefficient (Wildman–Crippen LogP) is 4.44. The molecule has 1 amide bonds. The van der Waals surface area contributed by atoms with Gasteiger partial charge in [-0.25, -0.2) is 0 Å². The summed E-state index contributed by atoms with van der Waals surface area (Å²) in [6.45, 7) is 0.632. The van der Waals surface area contributed by atoms with Crippen LogP contribution >= 0.6 is 0 Å². The predicted molar refractivity (Wildman–Crippen MR) is 116 cm³/mol. The first-order valence-electron chi connectivity index (χ1n) is 9.45. The summed E-state index contributed by atoms with van der Waals surface area (Å²) in [6.07, 6.45) is 0. The molecule has 3 aromatic rings. The second-order valence-electron chi connectivity index (χ2n) is 6.96. The molecule has 0 aliphatic carbocycles. The van der Waals surface area contributed by atoms with Crippen molar-refractivity contribution in [3.63, 3.8) is 0 Å². The van der Waals surface area contributed by atoms with Crippen LogP contribution < -0.4 is 14.8 Å². The van der Waals surface area contributed by atoms with Crippen LogP contribution in [-0.2, 0) is 11.3 Å². The second-order valence-corrected chi connectivity index (χ2v) is 6.96. The van der Waals surface area contributed by atoms with E-state index in [4.69, 9.17) is 9.47 Å². The number of amides is 1. The summed E-state index contributed by atoms with van der Waals surface area (Å²) in [5.74, 6) is 1.08. The number of nitrogens with zero attached hydrogens (tertiary/aromatic N) is 1. The van der Waals surface area contributed by atoms with Crippen LogP contribution in [0.4, 0.5) is 5.69 Å². The van der Waals surface area contributed by atoms with Gasteiger partial charge in [-0.1, -0.05) is 48.5 Å². The molecule has 0 saturated heterocycles. The van der Waals surface area contributed by atoms with Crippen molar-refractivity contribution < 1.29 is 14.3 Å². The Morgan fingerprint density at radius 1 is 0.897 bits per heavy atom. The highest BCUT2D eigenvalue weighted by Gasteiger charge is 2.11. The average Bonchev–Trinajstić information content (AvgIpc) is 2.73. The van der Waals surface area contributed by atoms with Crippen molar-refractivity contribution in [2.75, 3.05) is 33.1 Å². The number of hydrogen-bond acceptors (Lipinski definition) is 4. The minimum Gasteiger partial charge on any atom is -0.495 e. The lowest BCUT2D eigenvalue weighted by molar-refractivity contribution is -0.118. The van der Waals surface area contributed by atoms with Gasteiger partial charge in [-0.3, -0.25) is 4.79 Å². The fourth-order valence-electron chi connectivity index (χ4n) is 3.07. The number of methoxy groups -OCH3 is 1. The molecule has 3 aromatic carbocycles. The Hall–Kier alpha value is -3.31. The van der Waals surface area contributed by atoms with Crippen LogP contribution in [0.2, 0.25) is 0 Å². The Morgan fingerprint density at radius 3 is 2.34 bits per heavy atom. The Morgan fingerprint density at radius 2 is 1.62 bits per heavy atom. The van der Waals surface area contributed by atoms with Gasteiger partial charge in [-0.2, -0.15) is 0 Å². The van der Waals surface area contributed by atoms with Gasteiger partial charge in [0.1, 0.15) is 11.5 Å². The number of para-hydroxylation sites is 2. The molecule has 0 unspecified atom stereocenters. The third-order valence-corrected chi connectivity index (χ3v) is 4.39. The summed E-state index contributed by atoms with van der Waals surface area (Å²) in [4.78, 5) is 14.4. The lowest BCUT2D eigenvalue weighted by atomic mass is 10.0. The lowest BCUT2D eigenvalue weighted by Crippen LogP contribution is -2.21. The molecular formula is C24H26N2O3. The number of rotatable bonds is 8. The zero-order valence-corrected chi connectivity index (χ0v) is 17.0. The van der Waals surface area contributed by atoms with E-state index in [2.05, 4.69) is 28.4 Å². The Labute approximate surface area is 171 Å². The van der Waals surface area contributed by atoms with Gasteiger partial charge in [0.05, 0.1) is 12.8 Å². The smallest absolute Gasteiger partial charge is 0.262 e. The van der Waals surface area contributed by atoms with Gasteiger partial charge in [0.15, 0.2) is 6.61 Å². The molecule has 0 radical (unpaired) electrons. The first-order valence-corrected chi connectivity index (χ1v) is 9.45. The number of benzene rings is 3. The van der Waals surface area contributed by atoms with Crippen LogP contribution in [0.25, 0.3) is 11.1 Å². The summed E-state index contributed by atoms with van der Waals surface area (Å²) in [7, 11) is 5.59. The summed E-state index contributed by atoms with van der Waals surface area (Å²) in [5, 5.41) is 2.83. The van der Waals surface area contributed by atoms with Crippen molar-refractivity contribution in [3.8, 4) is 22.6 Å². The first-order chi connectivity index (χ1) is 14.1. The quantitative estimate of drug-likeness (QED) is 0.618. The minimum absolute atomic E-state index is 0.0802. The number of nitrogens with one attached hydrogen (secondary N) is 1. The molecule has 29 heavy (non-hydrogen) atoms. The molecule has 3 rings (SSSR count). The van der Waals surface area contributed by atoms with E-state index >= 15 is 0 Å². The third-order valence-electron chi connectivity index (χ3n) is 4.39. The molecule has 1 N–H and O–H groups in total. The van der Waals surface area contributed by atoms with Gasteiger partial charge >= 0.3 is 0 Å². The van der Waals surface area contributed by atoms with Crippen molar-refractivity contribution in [1.82, 2.24) is 4.90 Å². The molecule has 0 aliphatic heterocycles. The number of hydrogen-bond donors (Lipinski definition) is 1. The van der Waals surface area contributed by atoms with E-state index in [1.54, 1.807) is 19.2 Å². The zero-order chi connectivity index (χ0) is 20.6. The Kier molecular flexibility index (Phi) is 6.87. The lowest BCUT2D eigenvalue weighted by Gasteiger charge is -2.17. The molecule has 0 aliphatic rings. The van der Waals surface area contributed by atoms with E-state index in [0.717, 1.165) is 16.7 Å². The first kappa shape index (κ1) is 20.4. The van der Waals surface area contributed by atoms with Crippen molar-refractivity contribution >= 4 is 11.6 Å². The van der Waals surface area contributed by atoms with E-state index in [1.807, 2.05) is 56.6 Å². The van der Waals surface area contributed by atoms with E-state index < -0.39 is 0 Å². The van der Waals surface area contributed by atoms with Crippen molar-refractivity contribution in [1.29, 1.82) is 0 Å². The van der Waals surface area contributed by atoms with Crippen LogP contribution in [0.5, 0.6) is 11.5 Å². The maximum atomic E-state index is 12.4. The maximum absolute atomic E-state index is 12.4. The standard InChI is InChI=1S/C24H26N2O3/c1-26(2)16-20-15-19(18-9-5-4-6-10-18)13-14-22(20)29-17-24(27)25-21-11-7-8-12-23(21)28-3/h4-15H,16-17H2,1-3H3,(H,25,27). The molecule has 0 saturated carbocycles. The fraction of sp³-hybridized carbons (Fsp3) is 0.208. The van der Waals surface area contributed by atoms with Crippen LogP contribution in [0.1, 0.15) is 5.56 Å². The third kappa shape index (κ3) is 5.59. The normalized spacial score (nSPS) is 10.6. The highest BCUT2D eigenvalue weighted by Crippen LogP contribution is 2.28. The summed E-state index contributed by atoms with van der Waals surface area (Å²) >= 11 is 0. The van der Waals surface area contributed by atoms with Gasteiger partial charge in [-0.15, -0.1) is 0 Å². The van der Waals surface area contributed by atoms with Gasteiger partial charge in [0.25, 0.3) is 5.91 Å². The highest BCUT2D eigenvalue weighted by molar-refractivity contribution is 5.93. The number of carbonyl (C=O) groups is 1. The number of anilines is 1. The second kappa shape index (κ2) is 9.75. The largest absolute Gasteiger partial charge is 0.495 e. The van der Waals surface area contributed by atoms with Gasteiger partial charge < -0.3 is 19.7 Å². The molecule has 0 fully saturated rings.